The number of rotatable bonds is 1. The molecule has 6 rings (SSSR count). The molecule has 2 aromatic rings. The van der Waals surface area contributed by atoms with E-state index in [0.717, 1.165) is 35.6 Å². The van der Waals surface area contributed by atoms with Crippen LogP contribution >= 0.6 is 0 Å². The fraction of sp³-hybridized carbons (Fsp3) is 0.409. The highest BCUT2D eigenvalue weighted by atomic mass is 35.5. The van der Waals surface area contributed by atoms with Gasteiger partial charge in [0.1, 0.15) is 5.56 Å². The molecular formula is C22H22ClNO6. The topological polar surface area (TPSA) is 63.2 Å². The highest BCUT2D eigenvalue weighted by Crippen LogP contribution is 2.56. The van der Waals surface area contributed by atoms with Crippen LogP contribution in [0.25, 0.3) is 0 Å². The molecule has 8 heteroatoms. The number of carbonyl (C=O) groups excluding carboxylic acids is 1. The number of esters is 1. The molecule has 158 valence electrons. The molecule has 30 heavy (non-hydrogen) atoms. The lowest BCUT2D eigenvalue weighted by molar-refractivity contribution is -0.931. The zero-order valence-corrected chi connectivity index (χ0v) is 17.7. The molecule has 0 fully saturated rings. The highest BCUT2D eigenvalue weighted by molar-refractivity contribution is 5.99. The van der Waals surface area contributed by atoms with Crippen molar-refractivity contribution in [1.82, 2.24) is 0 Å². The molecular weight excluding hydrogens is 410 g/mol. The first-order valence-corrected chi connectivity index (χ1v) is 9.80. The number of likely N-dealkylation sites (N-methyl/N-ethyl adjacent to an activating group) is 1. The van der Waals surface area contributed by atoms with Gasteiger partial charge in [0.15, 0.2) is 34.6 Å². The summed E-state index contributed by atoms with van der Waals surface area (Å²) < 4.78 is 29.1. The van der Waals surface area contributed by atoms with Crippen molar-refractivity contribution in [3.63, 3.8) is 0 Å². The second-order valence-corrected chi connectivity index (χ2v) is 8.78. The molecule has 0 saturated heterocycles. The zero-order chi connectivity index (χ0) is 20.0. The molecule has 7 nitrogen and oxygen atoms in total. The maximum absolute atomic E-state index is 13.0. The molecule has 0 unspecified atom stereocenters. The van der Waals surface area contributed by atoms with Gasteiger partial charge in [0.05, 0.1) is 20.6 Å². The molecule has 0 saturated carbocycles. The van der Waals surface area contributed by atoms with Crippen molar-refractivity contribution in [2.75, 3.05) is 34.2 Å². The quantitative estimate of drug-likeness (QED) is 0.464. The highest BCUT2D eigenvalue weighted by Gasteiger charge is 2.58. The maximum atomic E-state index is 13.0. The summed E-state index contributed by atoms with van der Waals surface area (Å²) in [6, 6.07) is 7.84. The van der Waals surface area contributed by atoms with Crippen molar-refractivity contribution in [3.05, 3.63) is 46.5 Å². The van der Waals surface area contributed by atoms with Crippen LogP contribution in [0.4, 0.5) is 0 Å². The molecule has 0 spiro atoms. The Morgan fingerprint density at radius 2 is 1.70 bits per heavy atom. The number of halogens is 1. The van der Waals surface area contributed by atoms with Crippen molar-refractivity contribution < 1.29 is 45.4 Å². The van der Waals surface area contributed by atoms with Crippen LogP contribution in [0.1, 0.15) is 40.0 Å². The summed E-state index contributed by atoms with van der Waals surface area (Å²) in [4.78, 5) is 13.0. The Bertz CT molecular complexity index is 1080. The third-order valence-electron chi connectivity index (χ3n) is 6.69. The minimum absolute atomic E-state index is 0. The van der Waals surface area contributed by atoms with Gasteiger partial charge in [-0.25, -0.2) is 4.79 Å². The van der Waals surface area contributed by atoms with Crippen LogP contribution in [0.5, 0.6) is 23.0 Å². The number of nitrogens with zero attached hydrogens (tertiary/aromatic N) is 1. The van der Waals surface area contributed by atoms with Gasteiger partial charge in [-0.2, -0.15) is 0 Å². The normalized spacial score (nSPS) is 26.5. The van der Waals surface area contributed by atoms with Gasteiger partial charge in [-0.3, -0.25) is 0 Å². The Balaban J connectivity index is 0.00000193. The van der Waals surface area contributed by atoms with Gasteiger partial charge in [-0.05, 0) is 36.8 Å². The number of quaternary nitrogens is 1. The van der Waals surface area contributed by atoms with E-state index in [-0.39, 0.29) is 38.0 Å². The van der Waals surface area contributed by atoms with Crippen molar-refractivity contribution in [2.24, 2.45) is 0 Å². The molecule has 4 aliphatic rings. The van der Waals surface area contributed by atoms with Gasteiger partial charge in [-0.1, -0.05) is 0 Å². The molecule has 0 aliphatic carbocycles. The van der Waals surface area contributed by atoms with E-state index in [9.17, 15) is 4.79 Å². The number of fused-ring (bicyclic) bond motifs is 5. The number of cyclic esters (lactones) is 1. The SMILES string of the molecule is C[C@@]1([C@@H]2c3cc4c(cc3CC[N+]2(C)C)OCO4)OC(=O)c2c1ccc1c2OCO1.[Cl-]. The second-order valence-electron chi connectivity index (χ2n) is 8.78. The van der Waals surface area contributed by atoms with Gasteiger partial charge in [-0.15, -0.1) is 0 Å². The standard InChI is InChI=1S/C22H22NO6.ClH/c1-22(14-4-5-15-19(28-11-25-15)18(14)21(24)29-22)20-13-9-17-16(26-10-27-17)8-12(13)6-7-23(20,2)3;/h4-5,8-9,20H,6-7,10-11H2,1-3H3;1H/q+1;/p-1/t20-,22+;/m0./s1. The average Bonchev–Trinajstić information content (AvgIpc) is 3.37. The van der Waals surface area contributed by atoms with Gasteiger partial charge >= 0.3 is 5.97 Å². The van der Waals surface area contributed by atoms with Crippen LogP contribution in [0, 0.1) is 0 Å². The lowest BCUT2D eigenvalue weighted by Gasteiger charge is -2.48. The summed E-state index contributed by atoms with van der Waals surface area (Å²) >= 11 is 0. The Hall–Kier alpha value is -2.64. The van der Waals surface area contributed by atoms with Crippen molar-refractivity contribution >= 4 is 5.97 Å². The first-order chi connectivity index (χ1) is 13.9. The summed E-state index contributed by atoms with van der Waals surface area (Å²) in [7, 11) is 4.37. The van der Waals surface area contributed by atoms with E-state index in [2.05, 4.69) is 26.2 Å². The largest absolute Gasteiger partial charge is 1.00 e. The molecule has 0 amide bonds. The minimum atomic E-state index is -0.847. The third kappa shape index (κ3) is 2.39. The van der Waals surface area contributed by atoms with E-state index in [1.807, 2.05) is 19.1 Å². The number of benzene rings is 2. The maximum Gasteiger partial charge on any atom is 0.343 e. The minimum Gasteiger partial charge on any atom is -1.00 e. The second kappa shape index (κ2) is 6.18. The summed E-state index contributed by atoms with van der Waals surface area (Å²) in [5.74, 6) is 2.24. The summed E-state index contributed by atoms with van der Waals surface area (Å²) in [5, 5.41) is 0. The lowest BCUT2D eigenvalue weighted by Crippen LogP contribution is -3.00. The van der Waals surface area contributed by atoms with E-state index in [0.29, 0.717) is 21.5 Å². The molecule has 0 N–H and O–H groups in total. The predicted octanol–water partition coefficient (Wildman–Crippen LogP) is -0.0926. The fourth-order valence-corrected chi connectivity index (χ4v) is 5.44. The Morgan fingerprint density at radius 1 is 1.00 bits per heavy atom. The van der Waals surface area contributed by atoms with Crippen LogP contribution in [-0.2, 0) is 16.8 Å². The number of hydrogen-bond donors (Lipinski definition) is 0. The molecule has 2 atom stereocenters. The van der Waals surface area contributed by atoms with Gasteiger partial charge < -0.3 is 40.6 Å². The molecule has 4 heterocycles. The van der Waals surface area contributed by atoms with E-state index in [1.54, 1.807) is 0 Å². The van der Waals surface area contributed by atoms with Crippen molar-refractivity contribution in [1.29, 1.82) is 0 Å². The molecule has 0 bridgehead atoms. The van der Waals surface area contributed by atoms with E-state index in [1.165, 1.54) is 5.56 Å². The third-order valence-corrected chi connectivity index (χ3v) is 6.69. The molecule has 0 aromatic heterocycles. The fourth-order valence-electron chi connectivity index (χ4n) is 5.44. The van der Waals surface area contributed by atoms with Gasteiger partial charge in [0.2, 0.25) is 13.6 Å². The summed E-state index contributed by atoms with van der Waals surface area (Å²) in [5.41, 5.74) is 2.82. The van der Waals surface area contributed by atoms with Crippen molar-refractivity contribution in [3.8, 4) is 23.0 Å². The smallest absolute Gasteiger partial charge is 0.343 e. The number of carbonyl (C=O) groups is 1. The average molecular weight is 432 g/mol. The molecule has 0 radical (unpaired) electrons. The Kier molecular flexibility index (Phi) is 3.98. The molecule has 2 aromatic carbocycles. The zero-order valence-electron chi connectivity index (χ0n) is 17.0. The van der Waals surface area contributed by atoms with Crippen LogP contribution in [0.3, 0.4) is 0 Å². The number of ether oxygens (including phenoxy) is 5. The van der Waals surface area contributed by atoms with Crippen molar-refractivity contribution in [2.45, 2.75) is 25.0 Å². The van der Waals surface area contributed by atoms with Gasteiger partial charge in [0.25, 0.3) is 0 Å². The van der Waals surface area contributed by atoms with Gasteiger partial charge in [0, 0.05) is 17.5 Å². The van der Waals surface area contributed by atoms with E-state index >= 15 is 0 Å². The first-order valence-electron chi connectivity index (χ1n) is 9.80. The number of hydrogen-bond acceptors (Lipinski definition) is 6. The lowest BCUT2D eigenvalue weighted by atomic mass is 9.77. The van der Waals surface area contributed by atoms with Crippen LogP contribution in [-0.4, -0.2) is 44.7 Å². The molecule has 4 aliphatic heterocycles. The summed E-state index contributed by atoms with van der Waals surface area (Å²) in [6.07, 6.45) is 0.924. The Morgan fingerprint density at radius 3 is 2.50 bits per heavy atom. The van der Waals surface area contributed by atoms with Crippen LogP contribution in [0.2, 0.25) is 0 Å². The summed E-state index contributed by atoms with van der Waals surface area (Å²) in [6.45, 7) is 3.28. The Labute approximate surface area is 180 Å². The van der Waals surface area contributed by atoms with E-state index in [4.69, 9.17) is 23.7 Å². The van der Waals surface area contributed by atoms with Crippen LogP contribution in [0.15, 0.2) is 24.3 Å². The monoisotopic (exact) mass is 431 g/mol. The predicted molar refractivity (Wildman–Crippen MR) is 101 cm³/mol. The van der Waals surface area contributed by atoms with E-state index < -0.39 is 5.60 Å². The van der Waals surface area contributed by atoms with Crippen LogP contribution < -0.4 is 31.4 Å². The first kappa shape index (κ1) is 19.3.